The van der Waals surface area contributed by atoms with Crippen LogP contribution in [0.5, 0.6) is 23.0 Å². The highest BCUT2D eigenvalue weighted by atomic mass is 16.5. The van der Waals surface area contributed by atoms with Gasteiger partial charge in [-0.1, -0.05) is 0 Å². The second-order valence-corrected chi connectivity index (χ2v) is 4.05. The number of methoxy groups -OCH3 is 4. The summed E-state index contributed by atoms with van der Waals surface area (Å²) in [6.07, 6.45) is 0. The van der Waals surface area contributed by atoms with Gasteiger partial charge >= 0.3 is 0 Å². The molecule has 1 radical (unpaired) electrons. The Morgan fingerprint density at radius 2 is 1.50 bits per heavy atom. The van der Waals surface area contributed by atoms with Gasteiger partial charge in [0.15, 0.2) is 0 Å². The predicted octanol–water partition coefficient (Wildman–Crippen LogP) is 3.19. The van der Waals surface area contributed by atoms with Gasteiger partial charge in [0, 0.05) is 23.3 Å². The van der Waals surface area contributed by atoms with E-state index in [0.29, 0.717) is 17.2 Å². The molecule has 0 amide bonds. The van der Waals surface area contributed by atoms with Gasteiger partial charge in [-0.05, 0) is 24.3 Å². The Bertz CT molecular complexity index is 593. The van der Waals surface area contributed by atoms with Crippen LogP contribution in [0.25, 0.3) is 11.1 Å². The molecule has 0 fully saturated rings. The lowest BCUT2D eigenvalue weighted by molar-refractivity contribution is 0.393. The van der Waals surface area contributed by atoms with Crippen molar-refractivity contribution in [3.63, 3.8) is 0 Å². The van der Waals surface area contributed by atoms with Gasteiger partial charge in [0.05, 0.1) is 28.4 Å². The molecule has 0 saturated carbocycles. The van der Waals surface area contributed by atoms with Crippen LogP contribution in [-0.2, 0) is 0 Å². The molecule has 0 saturated heterocycles. The van der Waals surface area contributed by atoms with Crippen LogP contribution in [0.3, 0.4) is 0 Å². The van der Waals surface area contributed by atoms with Crippen LogP contribution < -0.4 is 18.9 Å². The summed E-state index contributed by atoms with van der Waals surface area (Å²) in [5.41, 5.74) is 1.74. The zero-order valence-corrected chi connectivity index (χ0v) is 12.0. The molecule has 0 aromatic heterocycles. The molecule has 20 heavy (non-hydrogen) atoms. The molecule has 0 atom stereocenters. The second-order valence-electron chi connectivity index (χ2n) is 4.05. The fourth-order valence-electron chi connectivity index (χ4n) is 1.97. The predicted molar refractivity (Wildman–Crippen MR) is 76.9 cm³/mol. The van der Waals surface area contributed by atoms with E-state index >= 15 is 0 Å². The molecule has 0 heterocycles. The minimum absolute atomic E-state index is 0.634. The summed E-state index contributed by atoms with van der Waals surface area (Å²) >= 11 is 0. The maximum absolute atomic E-state index is 5.42. The van der Waals surface area contributed by atoms with Crippen LogP contribution in [0.2, 0.25) is 0 Å². The first-order valence-corrected chi connectivity index (χ1v) is 6.09. The minimum atomic E-state index is 0.634. The van der Waals surface area contributed by atoms with Gasteiger partial charge in [-0.2, -0.15) is 0 Å². The van der Waals surface area contributed by atoms with E-state index in [9.17, 15) is 0 Å². The van der Waals surface area contributed by atoms with Crippen molar-refractivity contribution >= 4 is 0 Å². The van der Waals surface area contributed by atoms with Gasteiger partial charge in [0.2, 0.25) is 0 Å². The summed E-state index contributed by atoms with van der Waals surface area (Å²) in [5, 5.41) is 0. The molecule has 4 nitrogen and oxygen atoms in total. The number of ether oxygens (including phenoxy) is 4. The average Bonchev–Trinajstić information content (AvgIpc) is 2.53. The summed E-state index contributed by atoms with van der Waals surface area (Å²) < 4.78 is 21.2. The van der Waals surface area contributed by atoms with Crippen LogP contribution >= 0.6 is 0 Å². The first-order valence-electron chi connectivity index (χ1n) is 6.09. The molecule has 105 valence electrons. The molecule has 2 aromatic rings. The fraction of sp³-hybridized carbons (Fsp3) is 0.250. The molecule has 0 aliphatic heterocycles. The Morgan fingerprint density at radius 3 is 2.10 bits per heavy atom. The van der Waals surface area contributed by atoms with Gasteiger partial charge in [-0.15, -0.1) is 0 Å². The molecule has 0 bridgehead atoms. The van der Waals surface area contributed by atoms with E-state index in [1.807, 2.05) is 24.3 Å². The minimum Gasteiger partial charge on any atom is -0.497 e. The Hall–Kier alpha value is -2.36. The van der Waals surface area contributed by atoms with Gasteiger partial charge in [0.1, 0.15) is 23.0 Å². The largest absolute Gasteiger partial charge is 0.497 e. The van der Waals surface area contributed by atoms with Crippen molar-refractivity contribution in [1.29, 1.82) is 0 Å². The van der Waals surface area contributed by atoms with E-state index < -0.39 is 0 Å². The maximum atomic E-state index is 5.42. The molecular formula is C16H17O4. The molecular weight excluding hydrogens is 256 g/mol. The molecule has 0 N–H and O–H groups in total. The van der Waals surface area contributed by atoms with Crippen molar-refractivity contribution in [3.8, 4) is 34.1 Å². The van der Waals surface area contributed by atoms with Crippen molar-refractivity contribution in [1.82, 2.24) is 0 Å². The highest BCUT2D eigenvalue weighted by Gasteiger charge is 2.13. The van der Waals surface area contributed by atoms with Gasteiger partial charge in [0.25, 0.3) is 0 Å². The van der Waals surface area contributed by atoms with Crippen molar-refractivity contribution in [2.24, 2.45) is 0 Å². The Morgan fingerprint density at radius 1 is 0.750 bits per heavy atom. The summed E-state index contributed by atoms with van der Waals surface area (Å²) in [6.45, 7) is 0. The zero-order valence-electron chi connectivity index (χ0n) is 12.0. The van der Waals surface area contributed by atoms with E-state index in [4.69, 9.17) is 18.9 Å². The molecule has 4 heteroatoms. The average molecular weight is 273 g/mol. The maximum Gasteiger partial charge on any atom is 0.135 e. The normalized spacial score (nSPS) is 10.0. The van der Waals surface area contributed by atoms with Crippen LogP contribution in [0.1, 0.15) is 0 Å². The van der Waals surface area contributed by atoms with E-state index in [1.54, 1.807) is 34.5 Å². The Balaban J connectivity index is 2.60. The molecule has 0 unspecified atom stereocenters. The quantitative estimate of drug-likeness (QED) is 0.838. The van der Waals surface area contributed by atoms with Crippen LogP contribution in [-0.4, -0.2) is 28.4 Å². The molecule has 0 spiro atoms. The first-order chi connectivity index (χ1) is 9.73. The number of hydrogen-bond donors (Lipinski definition) is 0. The van der Waals surface area contributed by atoms with Crippen molar-refractivity contribution in [3.05, 3.63) is 36.4 Å². The number of benzene rings is 2. The van der Waals surface area contributed by atoms with Gasteiger partial charge in [-0.3, -0.25) is 0 Å². The number of hydrogen-bond acceptors (Lipinski definition) is 4. The van der Waals surface area contributed by atoms with E-state index in [-0.39, 0.29) is 0 Å². The Labute approximate surface area is 118 Å². The Kier molecular flexibility index (Phi) is 4.35. The smallest absolute Gasteiger partial charge is 0.135 e. The SMILES string of the molecule is COc1ccc(-c2cc(OC)c[c]c2OC)c(OC)c1. The zero-order chi connectivity index (χ0) is 14.5. The monoisotopic (exact) mass is 273 g/mol. The van der Waals surface area contributed by atoms with E-state index in [1.165, 1.54) is 0 Å². The lowest BCUT2D eigenvalue weighted by Crippen LogP contribution is -1.94. The van der Waals surface area contributed by atoms with Crippen LogP contribution in [0, 0.1) is 6.07 Å². The first kappa shape index (κ1) is 14.1. The topological polar surface area (TPSA) is 36.9 Å². The lowest BCUT2D eigenvalue weighted by atomic mass is 10.0. The van der Waals surface area contributed by atoms with E-state index in [2.05, 4.69) is 6.07 Å². The third kappa shape index (κ3) is 2.64. The molecule has 2 rings (SSSR count). The molecule has 2 aromatic carbocycles. The lowest BCUT2D eigenvalue weighted by Gasteiger charge is -2.14. The van der Waals surface area contributed by atoms with Crippen LogP contribution in [0.4, 0.5) is 0 Å². The standard InChI is InChI=1S/C16H17O4/c1-17-11-6-8-15(19-3)14(9-11)13-7-5-12(18-2)10-16(13)20-4/h5-7,9-10H,1-4H3. The molecule has 0 aliphatic rings. The van der Waals surface area contributed by atoms with E-state index in [0.717, 1.165) is 16.9 Å². The second kappa shape index (κ2) is 6.19. The number of rotatable bonds is 5. The highest BCUT2D eigenvalue weighted by molar-refractivity contribution is 5.77. The fourth-order valence-corrected chi connectivity index (χ4v) is 1.97. The van der Waals surface area contributed by atoms with Crippen molar-refractivity contribution in [2.45, 2.75) is 0 Å². The van der Waals surface area contributed by atoms with Gasteiger partial charge < -0.3 is 18.9 Å². The summed E-state index contributed by atoms with van der Waals surface area (Å²) in [4.78, 5) is 0. The van der Waals surface area contributed by atoms with Crippen molar-refractivity contribution in [2.75, 3.05) is 28.4 Å². The third-order valence-corrected chi connectivity index (χ3v) is 3.02. The van der Waals surface area contributed by atoms with Crippen LogP contribution in [0.15, 0.2) is 30.3 Å². The molecule has 0 aliphatic carbocycles. The summed E-state index contributed by atoms with van der Waals surface area (Å²) in [5.74, 6) is 2.77. The van der Waals surface area contributed by atoms with Crippen molar-refractivity contribution < 1.29 is 18.9 Å². The summed E-state index contributed by atoms with van der Waals surface area (Å²) in [7, 11) is 6.46. The summed E-state index contributed by atoms with van der Waals surface area (Å²) in [6, 6.07) is 12.3. The third-order valence-electron chi connectivity index (χ3n) is 3.02. The highest BCUT2D eigenvalue weighted by Crippen LogP contribution is 2.39. The van der Waals surface area contributed by atoms with Gasteiger partial charge in [-0.25, -0.2) is 0 Å².